The first-order chi connectivity index (χ1) is 16.0. The number of aromatic nitrogens is 2. The number of carbonyl (C=O) groups is 2. The largest absolute Gasteiger partial charge is 1.00 e. The number of fused-ring (bicyclic) bond motifs is 2. The molecule has 2 heterocycles. The fraction of sp³-hybridized carbons (Fsp3) is 0.120. The maximum Gasteiger partial charge on any atom is 1.00 e. The van der Waals surface area contributed by atoms with Gasteiger partial charge in [-0.1, -0.05) is 42.0 Å². The Hall–Kier alpha value is -3.04. The van der Waals surface area contributed by atoms with Gasteiger partial charge in [0.15, 0.2) is 17.3 Å². The molecule has 9 heteroatoms. The third-order valence-electron chi connectivity index (χ3n) is 5.45. The van der Waals surface area contributed by atoms with E-state index < -0.39 is 5.97 Å². The number of hydrogen-bond donors (Lipinski definition) is 0. The number of Topliss-reactive ketones (excluding diaryl/α,β-unsaturated/α-hetero) is 1. The molecule has 7 nitrogen and oxygen atoms in total. The molecular weight excluding hydrogens is 463 g/mol. The minimum Gasteiger partial charge on any atom is -0.545 e. The van der Waals surface area contributed by atoms with Crippen LogP contribution in [-0.2, 0) is 11.2 Å². The molecule has 1 aliphatic heterocycles. The summed E-state index contributed by atoms with van der Waals surface area (Å²) in [5.74, 6) is -0.660. The molecule has 0 radical (unpaired) electrons. The monoisotopic (exact) mass is 480 g/mol. The number of ether oxygens (including phenoxy) is 2. The Morgan fingerprint density at radius 1 is 0.912 bits per heavy atom. The van der Waals surface area contributed by atoms with Crippen molar-refractivity contribution in [3.63, 3.8) is 0 Å². The molecule has 0 amide bonds. The molecule has 0 atom stereocenters. The molecule has 164 valence electrons. The van der Waals surface area contributed by atoms with Crippen LogP contribution in [0.25, 0.3) is 16.6 Å². The van der Waals surface area contributed by atoms with Crippen LogP contribution in [0.3, 0.4) is 0 Å². The third-order valence-corrected chi connectivity index (χ3v) is 6.01. The second-order valence-electron chi connectivity index (χ2n) is 7.67. The molecule has 5 rings (SSSR count). The molecule has 1 aromatic heterocycles. The van der Waals surface area contributed by atoms with Crippen molar-refractivity contribution in [2.45, 2.75) is 13.3 Å². The first kappa shape index (κ1) is 24.1. The number of allylic oxidation sites excluding steroid dienone is 1. The van der Waals surface area contributed by atoms with Crippen LogP contribution in [0.5, 0.6) is 11.5 Å². The molecule has 1 aliphatic rings. The minimum absolute atomic E-state index is 0. The average Bonchev–Trinajstić information content (AvgIpc) is 3.47. The molecule has 0 fully saturated rings. The van der Waals surface area contributed by atoms with Gasteiger partial charge in [-0.2, -0.15) is 8.75 Å². The topological polar surface area (TPSA) is 101 Å². The van der Waals surface area contributed by atoms with Crippen molar-refractivity contribution in [1.29, 1.82) is 0 Å². The summed E-state index contributed by atoms with van der Waals surface area (Å²) in [5.41, 5.74) is 3.59. The predicted molar refractivity (Wildman–Crippen MR) is 121 cm³/mol. The van der Waals surface area contributed by atoms with Crippen LogP contribution in [0.4, 0.5) is 0 Å². The summed E-state index contributed by atoms with van der Waals surface area (Å²) in [6.07, 6.45) is 0.0695. The molecule has 4 aromatic rings. The van der Waals surface area contributed by atoms with Crippen molar-refractivity contribution in [1.82, 2.24) is 8.75 Å². The van der Waals surface area contributed by atoms with Crippen LogP contribution in [0.15, 0.2) is 66.2 Å². The molecule has 0 spiro atoms. The molecule has 0 unspecified atom stereocenters. The number of aliphatic carboxylic acids is 1. The maximum atomic E-state index is 13.6. The number of carboxylic acid groups (broad SMARTS) is 1. The molecular formula is C25H17N2NaO5S. The second-order valence-corrected chi connectivity index (χ2v) is 8.20. The molecule has 0 N–H and O–H groups in total. The van der Waals surface area contributed by atoms with Gasteiger partial charge in [0.05, 0.1) is 17.7 Å². The standard InChI is InChI=1S/C25H18N2O5S.Na/c1-14-2-5-16(6-3-14)24(28)18(10-15-4-9-21-22(11-15)32-13-31-21)23(25(29)30)17-7-8-19-20(12-17)27-33-26-19;/h2-9,11-12H,10,13H2,1H3,(H,29,30);/q;+1/p-1/b23-18+;. The quantitative estimate of drug-likeness (QED) is 0.223. The first-order valence-corrected chi connectivity index (χ1v) is 10.9. The van der Waals surface area contributed by atoms with E-state index in [1.807, 2.05) is 19.1 Å². The van der Waals surface area contributed by atoms with Gasteiger partial charge in [0.2, 0.25) is 6.79 Å². The van der Waals surface area contributed by atoms with Crippen molar-refractivity contribution < 1.29 is 53.7 Å². The Morgan fingerprint density at radius 2 is 1.62 bits per heavy atom. The van der Waals surface area contributed by atoms with Gasteiger partial charge < -0.3 is 19.4 Å². The summed E-state index contributed by atoms with van der Waals surface area (Å²) in [7, 11) is 0. The molecule has 0 saturated heterocycles. The van der Waals surface area contributed by atoms with Gasteiger partial charge in [0.1, 0.15) is 11.0 Å². The number of aryl methyl sites for hydroxylation is 1. The van der Waals surface area contributed by atoms with Crippen molar-refractivity contribution in [3.8, 4) is 11.5 Å². The number of nitrogens with zero attached hydrogens (tertiary/aromatic N) is 2. The van der Waals surface area contributed by atoms with E-state index in [9.17, 15) is 14.7 Å². The molecule has 0 aliphatic carbocycles. The second kappa shape index (κ2) is 10.1. The molecule has 34 heavy (non-hydrogen) atoms. The fourth-order valence-corrected chi connectivity index (χ4v) is 4.29. The van der Waals surface area contributed by atoms with Crippen molar-refractivity contribution in [3.05, 3.63) is 88.5 Å². The van der Waals surface area contributed by atoms with E-state index in [0.29, 0.717) is 39.2 Å². The van der Waals surface area contributed by atoms with Crippen molar-refractivity contribution in [2.75, 3.05) is 6.79 Å². The number of hydrogen-bond acceptors (Lipinski definition) is 8. The van der Waals surface area contributed by atoms with Crippen LogP contribution >= 0.6 is 11.7 Å². The predicted octanol–water partition coefficient (Wildman–Crippen LogP) is 0.362. The van der Waals surface area contributed by atoms with Gasteiger partial charge in [-0.3, -0.25) is 4.79 Å². The van der Waals surface area contributed by atoms with Crippen LogP contribution in [0, 0.1) is 6.92 Å². The number of rotatable bonds is 6. The SMILES string of the molecule is Cc1ccc(C(=O)/C(Cc2ccc3c(c2)OCO3)=C(/C(=O)[O-])c2ccc3nsnc3c2)cc1.[Na+]. The number of ketones is 1. The summed E-state index contributed by atoms with van der Waals surface area (Å²) in [4.78, 5) is 26.0. The van der Waals surface area contributed by atoms with E-state index in [1.54, 1.807) is 48.5 Å². The Labute approximate surface area is 221 Å². The zero-order valence-electron chi connectivity index (χ0n) is 18.5. The van der Waals surface area contributed by atoms with E-state index in [2.05, 4.69) is 8.75 Å². The molecule has 3 aromatic carbocycles. The first-order valence-electron chi connectivity index (χ1n) is 10.2. The zero-order chi connectivity index (χ0) is 22.9. The third kappa shape index (κ3) is 4.76. The Morgan fingerprint density at radius 3 is 2.38 bits per heavy atom. The Kier molecular flexibility index (Phi) is 7.13. The normalized spacial score (nSPS) is 12.7. The zero-order valence-corrected chi connectivity index (χ0v) is 21.3. The van der Waals surface area contributed by atoms with Crippen molar-refractivity contribution in [2.24, 2.45) is 0 Å². The van der Waals surface area contributed by atoms with Crippen LogP contribution < -0.4 is 44.1 Å². The van der Waals surface area contributed by atoms with Gasteiger partial charge in [0, 0.05) is 23.1 Å². The summed E-state index contributed by atoms with van der Waals surface area (Å²) in [6, 6.07) is 17.2. The smallest absolute Gasteiger partial charge is 0.545 e. The van der Waals surface area contributed by atoms with E-state index in [0.717, 1.165) is 17.3 Å². The number of carboxylic acids is 1. The average molecular weight is 480 g/mol. The van der Waals surface area contributed by atoms with E-state index in [1.165, 1.54) is 0 Å². The maximum absolute atomic E-state index is 13.6. The van der Waals surface area contributed by atoms with Gasteiger partial charge in [-0.25, -0.2) is 0 Å². The van der Waals surface area contributed by atoms with Crippen LogP contribution in [0.2, 0.25) is 0 Å². The minimum atomic E-state index is -1.44. The van der Waals surface area contributed by atoms with E-state index >= 15 is 0 Å². The van der Waals surface area contributed by atoms with Gasteiger partial charge in [0.25, 0.3) is 0 Å². The van der Waals surface area contributed by atoms with Gasteiger partial charge in [-0.15, -0.1) is 0 Å². The number of benzene rings is 3. The van der Waals surface area contributed by atoms with Gasteiger partial charge in [-0.05, 0) is 42.3 Å². The Balaban J connectivity index is 0.00000274. The summed E-state index contributed by atoms with van der Waals surface area (Å²) in [5, 5.41) is 12.4. The van der Waals surface area contributed by atoms with Crippen LogP contribution in [0.1, 0.15) is 27.0 Å². The fourth-order valence-electron chi connectivity index (χ4n) is 3.77. The van der Waals surface area contributed by atoms with Gasteiger partial charge >= 0.3 is 29.6 Å². The van der Waals surface area contributed by atoms with E-state index in [-0.39, 0.29) is 59.7 Å². The molecule has 0 saturated carbocycles. The summed E-state index contributed by atoms with van der Waals surface area (Å²) in [6.45, 7) is 2.04. The van der Waals surface area contributed by atoms with Crippen LogP contribution in [-0.4, -0.2) is 27.3 Å². The van der Waals surface area contributed by atoms with E-state index in [4.69, 9.17) is 9.47 Å². The summed E-state index contributed by atoms with van der Waals surface area (Å²) >= 11 is 1.04. The Bertz CT molecular complexity index is 1430. The summed E-state index contributed by atoms with van der Waals surface area (Å²) < 4.78 is 19.2. The number of carbonyl (C=O) groups excluding carboxylic acids is 2. The van der Waals surface area contributed by atoms with Crippen molar-refractivity contribution >= 4 is 40.1 Å². The molecule has 0 bridgehead atoms.